The highest BCUT2D eigenvalue weighted by Crippen LogP contribution is 2.38. The first kappa shape index (κ1) is 15.3. The molecular weight excluding hydrogens is 272 g/mol. The highest BCUT2D eigenvalue weighted by Gasteiger charge is 2.35. The van der Waals surface area contributed by atoms with Gasteiger partial charge in [0.05, 0.1) is 11.7 Å². The maximum absolute atomic E-state index is 13.2. The number of aliphatic hydroxyl groups is 1. The molecule has 1 nitrogen and oxygen atoms in total. The first-order valence-electron chi connectivity index (χ1n) is 6.92. The van der Waals surface area contributed by atoms with E-state index in [1.54, 1.807) is 0 Å². The number of hydrogen-bond donors (Lipinski definition) is 1. The average molecular weight is 290 g/mol. The molecule has 1 fully saturated rings. The number of halogens is 4. The summed E-state index contributed by atoms with van der Waals surface area (Å²) in [6.45, 7) is 0. The molecule has 0 aromatic heterocycles. The molecule has 0 amide bonds. The Morgan fingerprint density at radius 2 is 1.80 bits per heavy atom. The van der Waals surface area contributed by atoms with E-state index < -0.39 is 23.7 Å². The van der Waals surface area contributed by atoms with Crippen LogP contribution in [0, 0.1) is 11.7 Å². The van der Waals surface area contributed by atoms with Gasteiger partial charge in [0.1, 0.15) is 5.82 Å². The van der Waals surface area contributed by atoms with Crippen LogP contribution < -0.4 is 0 Å². The molecular formula is C15H18F4O. The molecule has 0 spiro atoms. The lowest BCUT2D eigenvalue weighted by atomic mass is 9.83. The van der Waals surface area contributed by atoms with Gasteiger partial charge in [-0.3, -0.25) is 0 Å². The van der Waals surface area contributed by atoms with Crippen LogP contribution >= 0.6 is 0 Å². The van der Waals surface area contributed by atoms with E-state index in [0.717, 1.165) is 44.2 Å². The van der Waals surface area contributed by atoms with Crippen LogP contribution in [-0.4, -0.2) is 5.11 Å². The molecule has 0 radical (unpaired) electrons. The molecule has 1 saturated carbocycles. The fourth-order valence-electron chi connectivity index (χ4n) is 2.93. The molecule has 1 aliphatic carbocycles. The Morgan fingerprint density at radius 3 is 2.40 bits per heavy atom. The summed E-state index contributed by atoms with van der Waals surface area (Å²) < 4.78 is 51.9. The molecule has 1 N–H and O–H groups in total. The van der Waals surface area contributed by atoms with Gasteiger partial charge in [-0.1, -0.05) is 32.1 Å². The van der Waals surface area contributed by atoms with Crippen molar-refractivity contribution in [3.63, 3.8) is 0 Å². The normalized spacial score (nSPS) is 19.1. The summed E-state index contributed by atoms with van der Waals surface area (Å²) in [5, 5.41) is 10.1. The first-order valence-corrected chi connectivity index (χ1v) is 6.92. The molecule has 112 valence electrons. The minimum absolute atomic E-state index is 0.225. The fraction of sp³-hybridized carbons (Fsp3) is 0.600. The van der Waals surface area contributed by atoms with E-state index >= 15 is 0 Å². The second-order valence-electron chi connectivity index (χ2n) is 5.48. The molecule has 1 aromatic carbocycles. The molecule has 2 rings (SSSR count). The number of alkyl halides is 3. The minimum atomic E-state index is -4.57. The van der Waals surface area contributed by atoms with Gasteiger partial charge in [-0.25, -0.2) is 4.39 Å². The molecule has 0 heterocycles. The third kappa shape index (κ3) is 3.72. The zero-order chi connectivity index (χ0) is 14.8. The van der Waals surface area contributed by atoms with Crippen molar-refractivity contribution in [2.45, 2.75) is 50.8 Å². The van der Waals surface area contributed by atoms with E-state index in [1.165, 1.54) is 0 Å². The Morgan fingerprint density at radius 1 is 1.15 bits per heavy atom. The fourth-order valence-corrected chi connectivity index (χ4v) is 2.93. The van der Waals surface area contributed by atoms with E-state index in [0.29, 0.717) is 6.07 Å². The Bertz CT molecular complexity index is 450. The molecule has 0 aliphatic heterocycles. The predicted molar refractivity (Wildman–Crippen MR) is 67.6 cm³/mol. The smallest absolute Gasteiger partial charge is 0.388 e. The minimum Gasteiger partial charge on any atom is -0.388 e. The molecule has 1 aromatic rings. The highest BCUT2D eigenvalue weighted by atomic mass is 19.4. The lowest BCUT2D eigenvalue weighted by Gasteiger charge is -2.25. The lowest BCUT2D eigenvalue weighted by molar-refractivity contribution is -0.139. The van der Waals surface area contributed by atoms with Crippen molar-refractivity contribution in [1.82, 2.24) is 0 Å². The van der Waals surface area contributed by atoms with Gasteiger partial charge in [-0.2, -0.15) is 13.2 Å². The van der Waals surface area contributed by atoms with Crippen LogP contribution in [0.25, 0.3) is 0 Å². The van der Waals surface area contributed by atoms with Gasteiger partial charge in [0.25, 0.3) is 0 Å². The summed E-state index contributed by atoms with van der Waals surface area (Å²) >= 11 is 0. The van der Waals surface area contributed by atoms with E-state index in [4.69, 9.17) is 0 Å². The standard InChI is InChI=1S/C15H18F4O/c16-11-6-7-13(15(17,18)19)12(9-11)14(20)8-10-4-2-1-3-5-10/h6-7,9-10,14,20H,1-5,8H2. The van der Waals surface area contributed by atoms with E-state index in [2.05, 4.69) is 0 Å². The van der Waals surface area contributed by atoms with Gasteiger partial charge in [-0.15, -0.1) is 0 Å². The summed E-state index contributed by atoms with van der Waals surface area (Å²) in [6.07, 6.45) is -0.477. The Hall–Kier alpha value is -1.10. The summed E-state index contributed by atoms with van der Waals surface area (Å²) in [4.78, 5) is 0. The van der Waals surface area contributed by atoms with Crippen molar-refractivity contribution < 1.29 is 22.7 Å². The molecule has 20 heavy (non-hydrogen) atoms. The zero-order valence-electron chi connectivity index (χ0n) is 11.1. The third-order valence-electron chi connectivity index (χ3n) is 3.96. The average Bonchev–Trinajstić information content (AvgIpc) is 2.38. The van der Waals surface area contributed by atoms with Crippen molar-refractivity contribution in [2.24, 2.45) is 5.92 Å². The summed E-state index contributed by atoms with van der Waals surface area (Å²) in [7, 11) is 0. The molecule has 1 atom stereocenters. The largest absolute Gasteiger partial charge is 0.416 e. The Balaban J connectivity index is 2.19. The summed E-state index contributed by atoms with van der Waals surface area (Å²) in [5.41, 5.74) is -1.29. The molecule has 1 unspecified atom stereocenters. The van der Waals surface area contributed by atoms with Gasteiger partial charge in [0.2, 0.25) is 0 Å². The number of hydrogen-bond acceptors (Lipinski definition) is 1. The van der Waals surface area contributed by atoms with Gasteiger partial charge >= 0.3 is 6.18 Å². The number of benzene rings is 1. The maximum atomic E-state index is 13.2. The second kappa shape index (κ2) is 6.12. The van der Waals surface area contributed by atoms with Crippen molar-refractivity contribution in [3.05, 3.63) is 35.1 Å². The van der Waals surface area contributed by atoms with Crippen molar-refractivity contribution in [1.29, 1.82) is 0 Å². The van der Waals surface area contributed by atoms with Crippen molar-refractivity contribution in [3.8, 4) is 0 Å². The van der Waals surface area contributed by atoms with E-state index in [-0.39, 0.29) is 17.9 Å². The lowest BCUT2D eigenvalue weighted by Crippen LogP contribution is -2.16. The van der Waals surface area contributed by atoms with Crippen LogP contribution in [0.2, 0.25) is 0 Å². The third-order valence-corrected chi connectivity index (χ3v) is 3.96. The second-order valence-corrected chi connectivity index (χ2v) is 5.48. The molecule has 1 aliphatic rings. The maximum Gasteiger partial charge on any atom is 0.416 e. The van der Waals surface area contributed by atoms with Crippen LogP contribution in [0.4, 0.5) is 17.6 Å². The van der Waals surface area contributed by atoms with Gasteiger partial charge in [0, 0.05) is 0 Å². The quantitative estimate of drug-likeness (QED) is 0.789. The van der Waals surface area contributed by atoms with E-state index in [1.807, 2.05) is 0 Å². The van der Waals surface area contributed by atoms with Crippen LogP contribution in [0.1, 0.15) is 55.8 Å². The first-order chi connectivity index (χ1) is 9.38. The monoisotopic (exact) mass is 290 g/mol. The summed E-state index contributed by atoms with van der Waals surface area (Å²) in [5.74, 6) is -0.529. The van der Waals surface area contributed by atoms with Gasteiger partial charge in [0.15, 0.2) is 0 Å². The highest BCUT2D eigenvalue weighted by molar-refractivity contribution is 5.32. The molecule has 0 saturated heterocycles. The van der Waals surface area contributed by atoms with E-state index in [9.17, 15) is 22.7 Å². The number of aliphatic hydroxyl groups excluding tert-OH is 1. The van der Waals surface area contributed by atoms with Crippen LogP contribution in [-0.2, 0) is 6.18 Å². The number of rotatable bonds is 3. The topological polar surface area (TPSA) is 20.2 Å². The Kier molecular flexibility index (Phi) is 4.68. The van der Waals surface area contributed by atoms with Crippen LogP contribution in [0.5, 0.6) is 0 Å². The Labute approximate surface area is 115 Å². The van der Waals surface area contributed by atoms with Crippen LogP contribution in [0.15, 0.2) is 18.2 Å². The molecule has 5 heteroatoms. The van der Waals surface area contributed by atoms with Crippen molar-refractivity contribution in [2.75, 3.05) is 0 Å². The van der Waals surface area contributed by atoms with Crippen LogP contribution in [0.3, 0.4) is 0 Å². The van der Waals surface area contributed by atoms with Gasteiger partial charge < -0.3 is 5.11 Å². The summed E-state index contributed by atoms with van der Waals surface area (Å²) in [6, 6.07) is 2.28. The SMILES string of the molecule is OC(CC1CCCCC1)c1cc(F)ccc1C(F)(F)F. The zero-order valence-corrected chi connectivity index (χ0v) is 11.1. The van der Waals surface area contributed by atoms with Gasteiger partial charge in [-0.05, 0) is 36.1 Å². The predicted octanol–water partition coefficient (Wildman–Crippen LogP) is 4.85. The molecule has 0 bridgehead atoms. The van der Waals surface area contributed by atoms with Crippen molar-refractivity contribution >= 4 is 0 Å².